The fourth-order valence-corrected chi connectivity index (χ4v) is 2.61. The second kappa shape index (κ2) is 7.46. The zero-order chi connectivity index (χ0) is 18.7. The summed E-state index contributed by atoms with van der Waals surface area (Å²) in [5.74, 6) is 0. The maximum atomic E-state index is 8.60. The lowest BCUT2D eigenvalue weighted by atomic mass is 10.1. The van der Waals surface area contributed by atoms with Crippen LogP contribution in [0.5, 0.6) is 0 Å². The van der Waals surface area contributed by atoms with E-state index >= 15 is 0 Å². The van der Waals surface area contributed by atoms with Crippen LogP contribution in [-0.4, -0.2) is 16.0 Å². The Morgan fingerprint density at radius 3 is 2.19 bits per heavy atom. The lowest BCUT2D eigenvalue weighted by Crippen LogP contribution is -2.58. The van der Waals surface area contributed by atoms with Crippen LogP contribution in [0.4, 0.5) is 5.69 Å². The van der Waals surface area contributed by atoms with E-state index in [4.69, 9.17) is 30.2 Å². The first kappa shape index (κ1) is 18.4. The van der Waals surface area contributed by atoms with Gasteiger partial charge in [0.2, 0.25) is 0 Å². The molecule has 0 saturated heterocycles. The molecular weight excluding hydrogens is 381 g/mol. The third kappa shape index (κ3) is 4.61. The van der Waals surface area contributed by atoms with Gasteiger partial charge in [-0.2, -0.15) is 14.0 Å². The molecule has 0 fully saturated rings. The van der Waals surface area contributed by atoms with E-state index < -0.39 is 10.2 Å². The number of halogens is 2. The molecule has 26 heavy (non-hydrogen) atoms. The smallest absolute Gasteiger partial charge is 0.116 e. The summed E-state index contributed by atoms with van der Waals surface area (Å²) in [6, 6.07) is 16.0. The molecule has 2 heterocycles. The molecule has 9 heteroatoms. The first-order valence-corrected chi connectivity index (χ1v) is 8.95. The number of hydrogen-bond acceptors (Lipinski definition) is 7. The Balaban J connectivity index is 0.000000349. The van der Waals surface area contributed by atoms with Crippen LogP contribution in [0.3, 0.4) is 0 Å². The van der Waals surface area contributed by atoms with Gasteiger partial charge in [-0.25, -0.2) is 10.0 Å². The Bertz CT molecular complexity index is 963. The fraction of sp³-hybridized carbons (Fsp3) is 0. The van der Waals surface area contributed by atoms with Gasteiger partial charge in [-0.1, -0.05) is 35.9 Å². The van der Waals surface area contributed by atoms with Crippen LogP contribution in [0.25, 0.3) is 12.3 Å². The van der Waals surface area contributed by atoms with Crippen molar-refractivity contribution in [3.8, 4) is 0 Å². The van der Waals surface area contributed by atoms with Gasteiger partial charge in [-0.3, -0.25) is 5.01 Å². The molecule has 7 nitrogen and oxygen atoms in total. The van der Waals surface area contributed by atoms with E-state index in [2.05, 4.69) is 34.4 Å². The van der Waals surface area contributed by atoms with Crippen LogP contribution in [0.2, 0.25) is 5.02 Å². The normalized spacial score (nSPS) is 14.9. The zero-order valence-electron chi connectivity index (χ0n) is 13.2. The van der Waals surface area contributed by atoms with Crippen molar-refractivity contribution in [3.63, 3.8) is 0 Å². The van der Waals surface area contributed by atoms with Crippen molar-refractivity contribution in [2.24, 2.45) is 4.99 Å². The Kier molecular flexibility index (Phi) is 5.28. The summed E-state index contributed by atoms with van der Waals surface area (Å²) in [6.07, 6.45) is 7.90. The average molecular weight is 394 g/mol. The highest BCUT2D eigenvalue weighted by Crippen LogP contribution is 2.24. The van der Waals surface area contributed by atoms with Gasteiger partial charge in [0.05, 0.1) is 32.5 Å². The molecule has 2 aromatic carbocycles. The summed E-state index contributed by atoms with van der Waals surface area (Å²) in [6.45, 7) is 0. The second-order valence-electron chi connectivity index (χ2n) is 5.28. The quantitative estimate of drug-likeness (QED) is 0.622. The molecule has 4 rings (SSSR count). The van der Waals surface area contributed by atoms with Gasteiger partial charge in [-0.15, -0.1) is 0 Å². The minimum atomic E-state index is -4.69. The molecule has 0 amide bonds. The maximum Gasteiger partial charge on any atom is 0.116 e. The maximum absolute atomic E-state index is 8.60. The number of nitrogens with zero attached hydrogens (tertiary/aromatic N) is 3. The fourth-order valence-electron chi connectivity index (χ4n) is 2.49. The van der Waals surface area contributed by atoms with Crippen LogP contribution in [-0.2, 0) is 0 Å². The SMILES string of the molecule is Clc1ccc(N2C=NC=C3C=c4ccccc4=CN32)cc1.[O-][Cl+3]([O-])([O-])O. The monoisotopic (exact) mass is 393 g/mol. The molecule has 134 valence electrons. The molecule has 2 aliphatic heterocycles. The molecule has 2 aliphatic rings. The van der Waals surface area contributed by atoms with Gasteiger partial charge < -0.3 is 0 Å². The third-order valence-electron chi connectivity index (χ3n) is 3.53. The average Bonchev–Trinajstić information content (AvgIpc) is 2.59. The molecular formula is C17H13Cl2N3O4. The van der Waals surface area contributed by atoms with Gasteiger partial charge in [0.1, 0.15) is 6.34 Å². The molecule has 0 spiro atoms. The Morgan fingerprint density at radius 2 is 1.54 bits per heavy atom. The summed E-state index contributed by atoms with van der Waals surface area (Å²) >= 11 is 5.96. The molecule has 0 bridgehead atoms. The van der Waals surface area contributed by atoms with E-state index in [1.807, 2.05) is 47.6 Å². The van der Waals surface area contributed by atoms with Crippen molar-refractivity contribution in [1.29, 1.82) is 0 Å². The van der Waals surface area contributed by atoms with Gasteiger partial charge in [0, 0.05) is 16.4 Å². The zero-order valence-corrected chi connectivity index (χ0v) is 14.7. The second-order valence-corrected chi connectivity index (χ2v) is 6.51. The number of benzene rings is 2. The molecule has 0 atom stereocenters. The van der Waals surface area contributed by atoms with Crippen LogP contribution < -0.4 is 29.4 Å². The molecule has 0 aromatic heterocycles. The van der Waals surface area contributed by atoms with Crippen molar-refractivity contribution < 1.29 is 28.9 Å². The highest BCUT2D eigenvalue weighted by Gasteiger charge is 2.19. The lowest BCUT2D eigenvalue weighted by molar-refractivity contribution is -1.92. The number of hydrazine groups is 1. The van der Waals surface area contributed by atoms with E-state index in [0.717, 1.165) is 16.4 Å². The Morgan fingerprint density at radius 1 is 0.923 bits per heavy atom. The topological polar surface area (TPSA) is 108 Å². The predicted molar refractivity (Wildman–Crippen MR) is 89.2 cm³/mol. The summed E-state index contributed by atoms with van der Waals surface area (Å²) in [5, 5.41) is 7.19. The van der Waals surface area contributed by atoms with Crippen LogP contribution >= 0.6 is 11.6 Å². The van der Waals surface area contributed by atoms with Gasteiger partial charge >= 0.3 is 0 Å². The van der Waals surface area contributed by atoms with Gasteiger partial charge in [-0.05, 0) is 35.6 Å². The molecule has 0 aliphatic carbocycles. The summed E-state index contributed by atoms with van der Waals surface area (Å²) < 4.78 is 32.7. The highest BCUT2D eigenvalue weighted by molar-refractivity contribution is 6.30. The summed E-state index contributed by atoms with van der Waals surface area (Å²) in [7, 11) is -4.69. The van der Waals surface area contributed by atoms with Gasteiger partial charge in [0.25, 0.3) is 0 Å². The molecule has 0 unspecified atom stereocenters. The Hall–Kier alpha value is -2.39. The summed E-state index contributed by atoms with van der Waals surface area (Å²) in [4.78, 5) is 4.33. The number of aliphatic imine (C=N–C) groups is 1. The van der Waals surface area contributed by atoms with Crippen molar-refractivity contribution in [2.45, 2.75) is 0 Å². The first-order chi connectivity index (χ1) is 12.3. The lowest BCUT2D eigenvalue weighted by Gasteiger charge is -2.36. The largest absolute Gasteiger partial charge is 0.253 e. The van der Waals surface area contributed by atoms with E-state index in [-0.39, 0.29) is 0 Å². The van der Waals surface area contributed by atoms with Crippen LogP contribution in [0.1, 0.15) is 0 Å². The van der Waals surface area contributed by atoms with Crippen molar-refractivity contribution in [3.05, 3.63) is 75.9 Å². The number of allylic oxidation sites excluding steroid dienone is 1. The third-order valence-corrected chi connectivity index (χ3v) is 3.78. The summed E-state index contributed by atoms with van der Waals surface area (Å²) in [5.41, 5.74) is 2.05. The molecule has 0 radical (unpaired) electrons. The van der Waals surface area contributed by atoms with Crippen molar-refractivity contribution in [1.82, 2.24) is 5.01 Å². The van der Waals surface area contributed by atoms with E-state index in [1.165, 1.54) is 10.4 Å². The minimum Gasteiger partial charge on any atom is -0.253 e. The first-order valence-electron chi connectivity index (χ1n) is 7.30. The van der Waals surface area contributed by atoms with E-state index in [1.54, 1.807) is 6.34 Å². The van der Waals surface area contributed by atoms with Gasteiger partial charge in [0.15, 0.2) is 0 Å². The standard InChI is InChI=1S/C17H12ClN3.ClHO4/c18-15-5-7-16(8-6-15)21-12-19-10-17-9-13-3-1-2-4-14(13)11-20(17)21;2-1(3,4)5/h1-12H;(H,2,3,4,5). The highest BCUT2D eigenvalue weighted by atomic mass is 35.7. The molecule has 2 aromatic rings. The number of fused-ring (bicyclic) bond motifs is 2. The van der Waals surface area contributed by atoms with Crippen molar-refractivity contribution >= 4 is 35.9 Å². The minimum absolute atomic E-state index is 0.725. The van der Waals surface area contributed by atoms with Crippen molar-refractivity contribution in [2.75, 3.05) is 5.01 Å². The van der Waals surface area contributed by atoms with E-state index in [0.29, 0.717) is 0 Å². The predicted octanol–water partition coefficient (Wildman–Crippen LogP) is -1.64. The number of rotatable bonds is 1. The number of anilines is 1. The Labute approximate surface area is 156 Å². The van der Waals surface area contributed by atoms with Crippen LogP contribution in [0, 0.1) is 10.2 Å². The molecule has 1 N–H and O–H groups in total. The van der Waals surface area contributed by atoms with E-state index in [9.17, 15) is 0 Å². The molecule has 0 saturated carbocycles. The number of hydrogen-bond donors (Lipinski definition) is 1. The van der Waals surface area contributed by atoms with Crippen LogP contribution in [0.15, 0.2) is 65.4 Å².